The molecule has 1 atom stereocenters. The Morgan fingerprint density at radius 1 is 1.12 bits per heavy atom. The van der Waals surface area contributed by atoms with Crippen molar-refractivity contribution >= 4 is 22.4 Å². The summed E-state index contributed by atoms with van der Waals surface area (Å²) < 4.78 is 15.3. The molecule has 2 heterocycles. The van der Waals surface area contributed by atoms with Crippen LogP contribution in [0.2, 0.25) is 0 Å². The lowest BCUT2D eigenvalue weighted by atomic mass is 10.1. The summed E-state index contributed by atoms with van der Waals surface area (Å²) in [5, 5.41) is 4.69. The number of rotatable bonds is 6. The van der Waals surface area contributed by atoms with Crippen molar-refractivity contribution in [2.24, 2.45) is 0 Å². The first kappa shape index (κ1) is 16.4. The Labute approximate surface area is 152 Å². The van der Waals surface area contributed by atoms with E-state index < -0.39 is 0 Å². The van der Waals surface area contributed by atoms with Crippen molar-refractivity contribution in [1.29, 1.82) is 0 Å². The Hall–Kier alpha value is -2.02. The standard InChI is InChI=1S/C18H24N4O2S/c1-23-15-8-14(9-16(10-15)24-2)19-13-4-3-7-22(11-13)18-20-17(21-25-18)12-5-6-12/h8-10,12-13,19H,3-7,11H2,1-2H3. The lowest BCUT2D eigenvalue weighted by molar-refractivity contribution is 0.394. The van der Waals surface area contributed by atoms with Crippen molar-refractivity contribution in [2.45, 2.75) is 37.6 Å². The van der Waals surface area contributed by atoms with E-state index in [0.29, 0.717) is 12.0 Å². The first-order valence-electron chi connectivity index (χ1n) is 8.83. The number of benzene rings is 1. The molecule has 1 N–H and O–H groups in total. The van der Waals surface area contributed by atoms with Gasteiger partial charge in [-0.2, -0.15) is 4.37 Å². The van der Waals surface area contributed by atoms with Crippen molar-refractivity contribution in [3.8, 4) is 11.5 Å². The van der Waals surface area contributed by atoms with E-state index in [1.54, 1.807) is 25.8 Å². The summed E-state index contributed by atoms with van der Waals surface area (Å²) in [5.74, 6) is 3.26. The lowest BCUT2D eigenvalue weighted by Crippen LogP contribution is -2.42. The van der Waals surface area contributed by atoms with Gasteiger partial charge in [0.1, 0.15) is 17.3 Å². The van der Waals surface area contributed by atoms with Gasteiger partial charge >= 0.3 is 0 Å². The molecular weight excluding hydrogens is 336 g/mol. The normalized spacial score (nSPS) is 20.4. The topological polar surface area (TPSA) is 59.5 Å². The Bertz CT molecular complexity index is 709. The molecule has 4 rings (SSSR count). The van der Waals surface area contributed by atoms with Crippen LogP contribution in [0.15, 0.2) is 18.2 Å². The molecule has 1 aromatic carbocycles. The molecule has 2 aliphatic rings. The summed E-state index contributed by atoms with van der Waals surface area (Å²) in [5.41, 5.74) is 1.03. The van der Waals surface area contributed by atoms with Crippen LogP contribution in [0.25, 0.3) is 0 Å². The molecule has 0 amide bonds. The molecule has 25 heavy (non-hydrogen) atoms. The van der Waals surface area contributed by atoms with Crippen LogP contribution in [0, 0.1) is 0 Å². The fraction of sp³-hybridized carbons (Fsp3) is 0.556. The van der Waals surface area contributed by atoms with E-state index in [0.717, 1.165) is 54.1 Å². The fourth-order valence-electron chi connectivity index (χ4n) is 3.26. The molecule has 1 unspecified atom stereocenters. The smallest absolute Gasteiger partial charge is 0.205 e. The molecule has 0 bridgehead atoms. The average molecular weight is 360 g/mol. The van der Waals surface area contributed by atoms with Gasteiger partial charge in [0.15, 0.2) is 0 Å². The molecule has 1 aromatic heterocycles. The van der Waals surface area contributed by atoms with Gasteiger partial charge in [0.25, 0.3) is 0 Å². The summed E-state index contributed by atoms with van der Waals surface area (Å²) in [4.78, 5) is 7.12. The lowest BCUT2D eigenvalue weighted by Gasteiger charge is -2.33. The van der Waals surface area contributed by atoms with E-state index in [9.17, 15) is 0 Å². The number of anilines is 2. The number of piperidine rings is 1. The van der Waals surface area contributed by atoms with E-state index in [-0.39, 0.29) is 0 Å². The number of nitrogens with zero attached hydrogens (tertiary/aromatic N) is 3. The molecule has 7 heteroatoms. The second-order valence-corrected chi connectivity index (χ2v) is 7.47. The Kier molecular flexibility index (Phi) is 4.65. The molecule has 0 spiro atoms. The Morgan fingerprint density at radius 2 is 1.88 bits per heavy atom. The van der Waals surface area contributed by atoms with E-state index in [1.165, 1.54) is 12.8 Å². The number of hydrogen-bond acceptors (Lipinski definition) is 7. The predicted molar refractivity (Wildman–Crippen MR) is 100 cm³/mol. The van der Waals surface area contributed by atoms with Crippen LogP contribution in [-0.2, 0) is 0 Å². The molecule has 1 aliphatic carbocycles. The van der Waals surface area contributed by atoms with Crippen molar-refractivity contribution in [1.82, 2.24) is 9.36 Å². The second-order valence-electron chi connectivity index (χ2n) is 6.74. The molecule has 1 saturated carbocycles. The molecule has 2 fully saturated rings. The Morgan fingerprint density at radius 3 is 2.56 bits per heavy atom. The van der Waals surface area contributed by atoms with Gasteiger partial charge in [-0.05, 0) is 25.7 Å². The van der Waals surface area contributed by atoms with Gasteiger partial charge in [-0.3, -0.25) is 0 Å². The summed E-state index contributed by atoms with van der Waals surface area (Å²) in [6, 6.07) is 6.28. The first-order chi connectivity index (χ1) is 12.2. The largest absolute Gasteiger partial charge is 0.497 e. The maximum atomic E-state index is 5.36. The zero-order valence-electron chi connectivity index (χ0n) is 14.7. The van der Waals surface area contributed by atoms with E-state index >= 15 is 0 Å². The summed E-state index contributed by atoms with van der Waals surface area (Å²) in [6.07, 6.45) is 4.79. The zero-order chi connectivity index (χ0) is 17.2. The minimum atomic E-state index is 0.374. The third-order valence-corrected chi connectivity index (χ3v) is 5.58. The SMILES string of the molecule is COc1cc(NC2CCCN(c3nc(C4CC4)ns3)C2)cc(OC)c1. The van der Waals surface area contributed by atoms with Crippen molar-refractivity contribution < 1.29 is 9.47 Å². The number of hydrogen-bond donors (Lipinski definition) is 1. The van der Waals surface area contributed by atoms with Crippen LogP contribution in [0.4, 0.5) is 10.8 Å². The molecule has 134 valence electrons. The highest BCUT2D eigenvalue weighted by molar-refractivity contribution is 7.09. The summed E-state index contributed by atoms with van der Waals surface area (Å²) in [6.45, 7) is 2.00. The average Bonchev–Trinajstić information content (AvgIpc) is 3.38. The van der Waals surface area contributed by atoms with Crippen LogP contribution in [-0.4, -0.2) is 42.7 Å². The van der Waals surface area contributed by atoms with Crippen LogP contribution < -0.4 is 19.7 Å². The van der Waals surface area contributed by atoms with Gasteiger partial charge in [-0.25, -0.2) is 4.98 Å². The van der Waals surface area contributed by atoms with Crippen LogP contribution in [0.3, 0.4) is 0 Å². The van der Waals surface area contributed by atoms with Crippen molar-refractivity contribution in [2.75, 3.05) is 37.5 Å². The van der Waals surface area contributed by atoms with Gasteiger partial charge in [-0.15, -0.1) is 0 Å². The number of methoxy groups -OCH3 is 2. The molecule has 2 aromatic rings. The van der Waals surface area contributed by atoms with Gasteiger partial charge in [0, 0.05) is 60.5 Å². The Balaban J connectivity index is 1.44. The maximum absolute atomic E-state index is 5.36. The van der Waals surface area contributed by atoms with Crippen LogP contribution >= 0.6 is 11.5 Å². The minimum Gasteiger partial charge on any atom is -0.497 e. The van der Waals surface area contributed by atoms with E-state index in [1.807, 2.05) is 18.2 Å². The minimum absolute atomic E-state index is 0.374. The maximum Gasteiger partial charge on any atom is 0.205 e. The second kappa shape index (κ2) is 7.07. The summed E-state index contributed by atoms with van der Waals surface area (Å²) >= 11 is 1.54. The highest BCUT2D eigenvalue weighted by Gasteiger charge is 2.29. The van der Waals surface area contributed by atoms with Crippen molar-refractivity contribution in [3.63, 3.8) is 0 Å². The third kappa shape index (κ3) is 3.81. The van der Waals surface area contributed by atoms with Crippen LogP contribution in [0.1, 0.15) is 37.4 Å². The van der Waals surface area contributed by atoms with Gasteiger partial charge < -0.3 is 19.7 Å². The molecule has 1 saturated heterocycles. The number of nitrogens with one attached hydrogen (secondary N) is 1. The van der Waals surface area contributed by atoms with E-state index in [2.05, 4.69) is 14.6 Å². The molecule has 1 aliphatic heterocycles. The highest BCUT2D eigenvalue weighted by Crippen LogP contribution is 2.40. The van der Waals surface area contributed by atoms with Gasteiger partial charge in [0.05, 0.1) is 14.2 Å². The zero-order valence-corrected chi connectivity index (χ0v) is 15.5. The van der Waals surface area contributed by atoms with Crippen LogP contribution in [0.5, 0.6) is 11.5 Å². The number of aromatic nitrogens is 2. The molecule has 0 radical (unpaired) electrons. The quantitative estimate of drug-likeness (QED) is 0.851. The molecule has 6 nitrogen and oxygen atoms in total. The predicted octanol–water partition coefficient (Wildman–Crippen LogP) is 3.51. The van der Waals surface area contributed by atoms with E-state index in [4.69, 9.17) is 14.5 Å². The molecular formula is C18H24N4O2S. The third-order valence-electron chi connectivity index (χ3n) is 4.79. The fourth-order valence-corrected chi connectivity index (χ4v) is 4.04. The number of ether oxygens (including phenoxy) is 2. The first-order valence-corrected chi connectivity index (χ1v) is 9.60. The highest BCUT2D eigenvalue weighted by atomic mass is 32.1. The van der Waals surface area contributed by atoms with Crippen molar-refractivity contribution in [3.05, 3.63) is 24.0 Å². The van der Waals surface area contributed by atoms with Gasteiger partial charge in [0.2, 0.25) is 5.13 Å². The summed E-state index contributed by atoms with van der Waals surface area (Å²) in [7, 11) is 3.35. The van der Waals surface area contributed by atoms with Gasteiger partial charge in [-0.1, -0.05) is 0 Å². The monoisotopic (exact) mass is 360 g/mol.